The SMILES string of the molecule is Cn1cc(S(=O)(=O)N2CCN(C(=O)c3cc4ccccc4o3)CC2)cc1C(N)=O. The molecule has 0 saturated carbocycles. The number of carbonyl (C=O) groups is 2. The fourth-order valence-electron chi connectivity index (χ4n) is 3.44. The van der Waals surface area contributed by atoms with Gasteiger partial charge in [-0.05, 0) is 18.2 Å². The number of carbonyl (C=O) groups excluding carboxylic acids is 2. The number of hydrogen-bond acceptors (Lipinski definition) is 5. The number of hydrogen-bond donors (Lipinski definition) is 1. The molecule has 2 aromatic heterocycles. The molecule has 1 aliphatic heterocycles. The molecule has 0 spiro atoms. The van der Waals surface area contributed by atoms with Crippen LogP contribution in [0.2, 0.25) is 0 Å². The van der Waals surface area contributed by atoms with E-state index in [4.69, 9.17) is 10.2 Å². The normalized spacial score (nSPS) is 15.7. The van der Waals surface area contributed by atoms with Crippen molar-refractivity contribution in [1.29, 1.82) is 0 Å². The Morgan fingerprint density at radius 3 is 2.38 bits per heavy atom. The number of aromatic nitrogens is 1. The molecule has 3 heterocycles. The second kappa shape index (κ2) is 7.05. The van der Waals surface area contributed by atoms with Crippen LogP contribution in [-0.2, 0) is 17.1 Å². The number of aryl methyl sites for hydroxylation is 1. The molecule has 2 N–H and O–H groups in total. The van der Waals surface area contributed by atoms with Crippen molar-refractivity contribution in [2.24, 2.45) is 12.8 Å². The van der Waals surface area contributed by atoms with Crippen LogP contribution >= 0.6 is 0 Å². The third-order valence-electron chi connectivity index (χ3n) is 5.03. The molecular formula is C19H20N4O5S. The second-order valence-electron chi connectivity index (χ2n) is 6.88. The summed E-state index contributed by atoms with van der Waals surface area (Å²) in [6.07, 6.45) is 1.36. The third-order valence-corrected chi connectivity index (χ3v) is 6.90. The maximum absolute atomic E-state index is 12.9. The molecule has 0 unspecified atom stereocenters. The van der Waals surface area contributed by atoms with Gasteiger partial charge in [0, 0.05) is 44.8 Å². The Labute approximate surface area is 167 Å². The van der Waals surface area contributed by atoms with Crippen LogP contribution in [0.1, 0.15) is 21.0 Å². The number of sulfonamides is 1. The van der Waals surface area contributed by atoms with Gasteiger partial charge in [-0.2, -0.15) is 4.31 Å². The van der Waals surface area contributed by atoms with Gasteiger partial charge in [0.25, 0.3) is 11.8 Å². The van der Waals surface area contributed by atoms with E-state index >= 15 is 0 Å². The predicted molar refractivity (Wildman–Crippen MR) is 105 cm³/mol. The zero-order chi connectivity index (χ0) is 20.8. The Morgan fingerprint density at radius 1 is 1.07 bits per heavy atom. The number of nitrogens with two attached hydrogens (primary N) is 1. The molecule has 3 aromatic rings. The summed E-state index contributed by atoms with van der Waals surface area (Å²) in [7, 11) is -2.23. The van der Waals surface area contributed by atoms with Gasteiger partial charge >= 0.3 is 0 Å². The van der Waals surface area contributed by atoms with Crippen molar-refractivity contribution in [3.05, 3.63) is 54.0 Å². The second-order valence-corrected chi connectivity index (χ2v) is 8.82. The van der Waals surface area contributed by atoms with E-state index in [0.717, 1.165) is 5.39 Å². The van der Waals surface area contributed by atoms with Gasteiger partial charge in [0.1, 0.15) is 16.2 Å². The van der Waals surface area contributed by atoms with E-state index < -0.39 is 15.9 Å². The lowest BCUT2D eigenvalue weighted by Gasteiger charge is -2.33. The molecule has 0 aliphatic carbocycles. The Hall–Kier alpha value is -3.11. The fraction of sp³-hybridized carbons (Fsp3) is 0.263. The Balaban J connectivity index is 1.47. The first kappa shape index (κ1) is 19.2. The van der Waals surface area contributed by atoms with Crippen LogP contribution < -0.4 is 5.73 Å². The molecule has 10 heteroatoms. The molecule has 0 atom stereocenters. The van der Waals surface area contributed by atoms with Crippen LogP contribution in [0.15, 0.2) is 51.9 Å². The van der Waals surface area contributed by atoms with Crippen molar-refractivity contribution < 1.29 is 22.4 Å². The predicted octanol–water partition coefficient (Wildman–Crippen LogP) is 1.02. The van der Waals surface area contributed by atoms with Crippen molar-refractivity contribution >= 4 is 32.8 Å². The summed E-state index contributed by atoms with van der Waals surface area (Å²) in [5.74, 6) is -0.735. The monoisotopic (exact) mass is 416 g/mol. The first-order chi connectivity index (χ1) is 13.8. The molecule has 4 rings (SSSR count). The van der Waals surface area contributed by atoms with E-state index in [1.54, 1.807) is 24.1 Å². The van der Waals surface area contributed by atoms with Gasteiger partial charge in [0.05, 0.1) is 0 Å². The Kier molecular flexibility index (Phi) is 4.67. The molecule has 0 bridgehead atoms. The van der Waals surface area contributed by atoms with Crippen molar-refractivity contribution in [1.82, 2.24) is 13.8 Å². The maximum Gasteiger partial charge on any atom is 0.289 e. The summed E-state index contributed by atoms with van der Waals surface area (Å²) < 4.78 is 34.1. The highest BCUT2D eigenvalue weighted by atomic mass is 32.2. The summed E-state index contributed by atoms with van der Waals surface area (Å²) in [4.78, 5) is 25.7. The summed E-state index contributed by atoms with van der Waals surface area (Å²) in [6, 6.07) is 10.3. The van der Waals surface area contributed by atoms with Gasteiger partial charge in [-0.25, -0.2) is 8.42 Å². The van der Waals surface area contributed by atoms with Crippen LogP contribution in [0.25, 0.3) is 11.0 Å². The highest BCUT2D eigenvalue weighted by Crippen LogP contribution is 2.23. The van der Waals surface area contributed by atoms with Gasteiger partial charge in [0.2, 0.25) is 10.0 Å². The van der Waals surface area contributed by atoms with E-state index in [-0.39, 0.29) is 48.4 Å². The average molecular weight is 416 g/mol. The first-order valence-electron chi connectivity index (χ1n) is 9.01. The molecule has 1 aromatic carbocycles. The molecule has 1 fully saturated rings. The molecule has 1 aliphatic rings. The van der Waals surface area contributed by atoms with Crippen molar-refractivity contribution in [2.75, 3.05) is 26.2 Å². The zero-order valence-electron chi connectivity index (χ0n) is 15.7. The molecule has 9 nitrogen and oxygen atoms in total. The van der Waals surface area contributed by atoms with Crippen LogP contribution in [0.4, 0.5) is 0 Å². The third kappa shape index (κ3) is 3.40. The van der Waals surface area contributed by atoms with Crippen molar-refractivity contribution in [3.63, 3.8) is 0 Å². The van der Waals surface area contributed by atoms with Gasteiger partial charge in [-0.15, -0.1) is 0 Å². The highest BCUT2D eigenvalue weighted by molar-refractivity contribution is 7.89. The van der Waals surface area contributed by atoms with E-state index in [0.29, 0.717) is 5.58 Å². The van der Waals surface area contributed by atoms with E-state index in [1.165, 1.54) is 21.1 Å². The van der Waals surface area contributed by atoms with Gasteiger partial charge < -0.3 is 19.6 Å². The van der Waals surface area contributed by atoms with Crippen LogP contribution in [0.5, 0.6) is 0 Å². The summed E-state index contributed by atoms with van der Waals surface area (Å²) in [5, 5.41) is 0.839. The van der Waals surface area contributed by atoms with E-state index in [9.17, 15) is 18.0 Å². The Morgan fingerprint density at radius 2 is 1.76 bits per heavy atom. The van der Waals surface area contributed by atoms with Gasteiger partial charge in [-0.3, -0.25) is 9.59 Å². The molecule has 0 radical (unpaired) electrons. The topological polar surface area (TPSA) is 119 Å². The first-order valence-corrected chi connectivity index (χ1v) is 10.5. The van der Waals surface area contributed by atoms with E-state index in [1.807, 2.05) is 18.2 Å². The van der Waals surface area contributed by atoms with Gasteiger partial charge in [-0.1, -0.05) is 18.2 Å². The lowest BCUT2D eigenvalue weighted by molar-refractivity contribution is 0.0668. The minimum Gasteiger partial charge on any atom is -0.451 e. The lowest BCUT2D eigenvalue weighted by Crippen LogP contribution is -2.50. The lowest BCUT2D eigenvalue weighted by atomic mass is 10.2. The number of rotatable bonds is 4. The number of nitrogens with zero attached hydrogens (tertiary/aromatic N) is 3. The highest BCUT2D eigenvalue weighted by Gasteiger charge is 2.32. The fourth-order valence-corrected chi connectivity index (χ4v) is 4.94. The number of amides is 2. The number of para-hydroxylation sites is 1. The molecule has 2 amide bonds. The smallest absolute Gasteiger partial charge is 0.289 e. The minimum absolute atomic E-state index is 0.00543. The number of fused-ring (bicyclic) bond motifs is 1. The Bertz CT molecular complexity index is 1170. The standard InChI is InChI=1S/C19H20N4O5S/c1-21-12-14(11-15(21)18(20)24)29(26,27)23-8-6-22(7-9-23)19(25)17-10-13-4-2-3-5-16(13)28-17/h2-5,10-12H,6-9H2,1H3,(H2,20,24). The van der Waals surface area contributed by atoms with E-state index in [2.05, 4.69) is 0 Å². The summed E-state index contributed by atoms with van der Waals surface area (Å²) in [6.45, 7) is 0.777. The zero-order valence-corrected chi connectivity index (χ0v) is 16.6. The number of benzene rings is 1. The average Bonchev–Trinajstić information content (AvgIpc) is 3.31. The van der Waals surface area contributed by atoms with Gasteiger partial charge in [0.15, 0.2) is 5.76 Å². The molecule has 1 saturated heterocycles. The summed E-state index contributed by atoms with van der Waals surface area (Å²) in [5.41, 5.74) is 6.01. The van der Waals surface area contributed by atoms with Crippen molar-refractivity contribution in [3.8, 4) is 0 Å². The maximum atomic E-state index is 12.9. The summed E-state index contributed by atoms with van der Waals surface area (Å²) >= 11 is 0. The minimum atomic E-state index is -3.79. The quantitative estimate of drug-likeness (QED) is 0.681. The van der Waals surface area contributed by atoms with Crippen LogP contribution in [0, 0.1) is 0 Å². The molecule has 152 valence electrons. The number of primary amides is 1. The van der Waals surface area contributed by atoms with Crippen LogP contribution in [0.3, 0.4) is 0 Å². The number of furan rings is 1. The van der Waals surface area contributed by atoms with Crippen molar-refractivity contribution in [2.45, 2.75) is 4.90 Å². The van der Waals surface area contributed by atoms with Crippen LogP contribution in [-0.4, -0.2) is 60.2 Å². The molecular weight excluding hydrogens is 396 g/mol. The largest absolute Gasteiger partial charge is 0.451 e. The molecule has 29 heavy (non-hydrogen) atoms. The number of piperazine rings is 1.